The molecule has 0 fully saturated rings. The number of aliphatic imine (C=N–C) groups is 1. The van der Waals surface area contributed by atoms with Crippen molar-refractivity contribution in [1.82, 2.24) is 4.90 Å². The van der Waals surface area contributed by atoms with Gasteiger partial charge in [0.25, 0.3) is 0 Å². The van der Waals surface area contributed by atoms with E-state index in [-0.39, 0.29) is 5.82 Å². The second-order valence-electron chi connectivity index (χ2n) is 4.62. The van der Waals surface area contributed by atoms with Gasteiger partial charge < -0.3 is 9.32 Å². The third kappa shape index (κ3) is 1.56. The van der Waals surface area contributed by atoms with Crippen LogP contribution in [-0.2, 0) is 0 Å². The van der Waals surface area contributed by atoms with Crippen molar-refractivity contribution in [2.75, 3.05) is 13.1 Å². The van der Waals surface area contributed by atoms with Gasteiger partial charge in [-0.2, -0.15) is 0 Å². The maximum absolute atomic E-state index is 13.8. The van der Waals surface area contributed by atoms with Crippen LogP contribution in [0.2, 0.25) is 0 Å². The Balaban J connectivity index is 2.00. The van der Waals surface area contributed by atoms with Gasteiger partial charge in [-0.05, 0) is 23.9 Å². The molecule has 2 aliphatic heterocycles. The predicted octanol–water partition coefficient (Wildman–Crippen LogP) is 3.84. The molecule has 1 aromatic carbocycles. The van der Waals surface area contributed by atoms with Gasteiger partial charge in [-0.25, -0.2) is 4.39 Å². The average molecular weight is 286 g/mol. The fourth-order valence-electron chi connectivity index (χ4n) is 2.65. The van der Waals surface area contributed by atoms with E-state index in [4.69, 9.17) is 4.42 Å². The lowest BCUT2D eigenvalue weighted by atomic mass is 10.1. The van der Waals surface area contributed by atoms with Crippen molar-refractivity contribution in [3.05, 3.63) is 53.4 Å². The van der Waals surface area contributed by atoms with Crippen molar-refractivity contribution < 1.29 is 8.81 Å². The van der Waals surface area contributed by atoms with Crippen LogP contribution in [0, 0.1) is 5.82 Å². The molecule has 0 aliphatic carbocycles. The van der Waals surface area contributed by atoms with Gasteiger partial charge in [-0.1, -0.05) is 12.7 Å². The lowest BCUT2D eigenvalue weighted by molar-refractivity contribution is 0.597. The molecule has 3 nitrogen and oxygen atoms in total. The monoisotopic (exact) mass is 286 g/mol. The number of nitrogens with zero attached hydrogens (tertiary/aromatic N) is 2. The molecular weight excluding hydrogens is 275 g/mol. The van der Waals surface area contributed by atoms with Crippen LogP contribution in [0.4, 0.5) is 4.39 Å². The first-order chi connectivity index (χ1) is 9.78. The van der Waals surface area contributed by atoms with Crippen molar-refractivity contribution in [3.8, 4) is 0 Å². The van der Waals surface area contributed by atoms with E-state index in [1.807, 2.05) is 6.07 Å². The molecule has 0 saturated carbocycles. The molecule has 0 bridgehead atoms. The number of furan rings is 1. The van der Waals surface area contributed by atoms with Gasteiger partial charge in [-0.3, -0.25) is 4.99 Å². The molecule has 0 atom stereocenters. The van der Waals surface area contributed by atoms with Crippen LogP contribution in [0.3, 0.4) is 0 Å². The number of benzene rings is 1. The Labute approximate surface area is 119 Å². The number of hydrogen-bond donors (Lipinski definition) is 0. The lowest BCUT2D eigenvalue weighted by Gasteiger charge is -2.17. The smallest absolute Gasteiger partial charge is 0.168 e. The number of amidine groups is 1. The van der Waals surface area contributed by atoms with Gasteiger partial charge in [0.05, 0.1) is 18.5 Å². The van der Waals surface area contributed by atoms with Crippen LogP contribution in [0.1, 0.15) is 5.56 Å². The molecule has 4 rings (SSSR count). The maximum Gasteiger partial charge on any atom is 0.168 e. The molecule has 1 aromatic heterocycles. The van der Waals surface area contributed by atoms with E-state index in [9.17, 15) is 4.39 Å². The lowest BCUT2D eigenvalue weighted by Crippen LogP contribution is -2.20. The summed E-state index contributed by atoms with van der Waals surface area (Å²) in [5.41, 5.74) is 2.38. The molecule has 2 aliphatic rings. The summed E-state index contributed by atoms with van der Waals surface area (Å²) in [6.45, 7) is 5.46. The van der Waals surface area contributed by atoms with Gasteiger partial charge in [-0.15, -0.1) is 0 Å². The topological polar surface area (TPSA) is 28.7 Å². The summed E-state index contributed by atoms with van der Waals surface area (Å²) in [5, 5.41) is 1.88. The minimum Gasteiger partial charge on any atom is -0.464 e. The summed E-state index contributed by atoms with van der Waals surface area (Å²) >= 11 is 1.59. The molecule has 0 amide bonds. The Kier molecular flexibility index (Phi) is 2.50. The Bertz CT molecular complexity index is 790. The third-order valence-electron chi connectivity index (χ3n) is 3.48. The number of thioether (sulfide) groups is 1. The number of fused-ring (bicyclic) bond motifs is 2. The predicted molar refractivity (Wildman–Crippen MR) is 79.9 cm³/mol. The van der Waals surface area contributed by atoms with E-state index in [0.29, 0.717) is 5.58 Å². The molecule has 0 spiro atoms. The zero-order chi connectivity index (χ0) is 13.7. The zero-order valence-electron chi connectivity index (χ0n) is 10.6. The molecular formula is C15H11FN2OS. The van der Waals surface area contributed by atoms with Crippen molar-refractivity contribution in [3.63, 3.8) is 0 Å². The Morgan fingerprint density at radius 2 is 2.35 bits per heavy atom. The summed E-state index contributed by atoms with van der Waals surface area (Å²) in [5.74, 6) is -0.298. The van der Waals surface area contributed by atoms with Crippen LogP contribution in [0.15, 0.2) is 51.4 Å². The van der Waals surface area contributed by atoms with E-state index in [1.165, 1.54) is 6.07 Å². The highest BCUT2D eigenvalue weighted by Gasteiger charge is 2.32. The Morgan fingerprint density at radius 3 is 3.20 bits per heavy atom. The highest BCUT2D eigenvalue weighted by molar-refractivity contribution is 8.17. The zero-order valence-corrected chi connectivity index (χ0v) is 11.4. The number of allylic oxidation sites excluding steroid dienone is 1. The van der Waals surface area contributed by atoms with Crippen LogP contribution < -0.4 is 0 Å². The van der Waals surface area contributed by atoms with Gasteiger partial charge >= 0.3 is 0 Å². The highest BCUT2D eigenvalue weighted by atomic mass is 32.2. The number of halogens is 1. The second kappa shape index (κ2) is 4.24. The molecule has 2 aromatic rings. The number of hydrogen-bond acceptors (Lipinski definition) is 4. The molecule has 0 radical (unpaired) electrons. The minimum atomic E-state index is -0.298. The summed E-state index contributed by atoms with van der Waals surface area (Å²) in [4.78, 5) is 7.60. The van der Waals surface area contributed by atoms with Crippen molar-refractivity contribution in [2.24, 2.45) is 4.99 Å². The molecule has 100 valence electrons. The summed E-state index contributed by atoms with van der Waals surface area (Å²) in [6.07, 6.45) is 3.39. The fourth-order valence-corrected chi connectivity index (χ4v) is 3.70. The summed E-state index contributed by atoms with van der Waals surface area (Å²) < 4.78 is 19.2. The Morgan fingerprint density at radius 1 is 1.45 bits per heavy atom. The highest BCUT2D eigenvalue weighted by Crippen LogP contribution is 2.44. The molecule has 3 heterocycles. The fraction of sp³-hybridized carbons (Fsp3) is 0.133. The van der Waals surface area contributed by atoms with Gasteiger partial charge in [0.15, 0.2) is 5.17 Å². The normalized spacial score (nSPS) is 17.9. The van der Waals surface area contributed by atoms with E-state index in [1.54, 1.807) is 30.2 Å². The first-order valence-electron chi connectivity index (χ1n) is 6.31. The standard InChI is InChI=1S/C15H11FN2OS/c1-2-13-14(18-5-4-17-15(18)20-13)11-7-9(16)8-12-10(11)3-6-19-12/h2-3,6-8H,1,4-5H2. The summed E-state index contributed by atoms with van der Waals surface area (Å²) in [7, 11) is 0. The van der Waals surface area contributed by atoms with Crippen LogP contribution in [0.5, 0.6) is 0 Å². The van der Waals surface area contributed by atoms with E-state index in [0.717, 1.165) is 39.8 Å². The molecule has 0 unspecified atom stereocenters. The first kappa shape index (κ1) is 11.8. The Hall–Kier alpha value is -2.01. The van der Waals surface area contributed by atoms with E-state index in [2.05, 4.69) is 16.5 Å². The quantitative estimate of drug-likeness (QED) is 0.839. The van der Waals surface area contributed by atoms with Crippen LogP contribution in [-0.4, -0.2) is 23.2 Å². The molecule has 20 heavy (non-hydrogen) atoms. The van der Waals surface area contributed by atoms with E-state index < -0.39 is 0 Å². The largest absolute Gasteiger partial charge is 0.464 e. The number of rotatable bonds is 2. The van der Waals surface area contributed by atoms with Gasteiger partial charge in [0.2, 0.25) is 0 Å². The molecule has 0 saturated heterocycles. The van der Waals surface area contributed by atoms with Crippen LogP contribution >= 0.6 is 11.8 Å². The van der Waals surface area contributed by atoms with Gasteiger partial charge in [0, 0.05) is 28.5 Å². The van der Waals surface area contributed by atoms with Crippen molar-refractivity contribution in [2.45, 2.75) is 0 Å². The van der Waals surface area contributed by atoms with Crippen molar-refractivity contribution in [1.29, 1.82) is 0 Å². The first-order valence-corrected chi connectivity index (χ1v) is 7.13. The SMILES string of the molecule is C=CC1=C(c2cc(F)cc3occc23)N2CCN=C2S1. The second-order valence-corrected chi connectivity index (χ2v) is 5.63. The van der Waals surface area contributed by atoms with E-state index >= 15 is 0 Å². The molecule has 5 heteroatoms. The van der Waals surface area contributed by atoms with Crippen LogP contribution in [0.25, 0.3) is 16.7 Å². The summed E-state index contributed by atoms with van der Waals surface area (Å²) in [6, 6.07) is 4.83. The minimum absolute atomic E-state index is 0.298. The van der Waals surface area contributed by atoms with Gasteiger partial charge in [0.1, 0.15) is 11.4 Å². The third-order valence-corrected chi connectivity index (χ3v) is 4.60. The average Bonchev–Trinajstić information content (AvgIpc) is 3.11. The van der Waals surface area contributed by atoms with Crippen molar-refractivity contribution >= 4 is 33.6 Å². The molecule has 0 N–H and O–H groups in total. The maximum atomic E-state index is 13.8.